The summed E-state index contributed by atoms with van der Waals surface area (Å²) in [6.45, 7) is 3.91. The number of anilines is 1. The summed E-state index contributed by atoms with van der Waals surface area (Å²) in [6, 6.07) is 4.08. The highest BCUT2D eigenvalue weighted by atomic mass is 35.5. The normalized spacial score (nSPS) is 11.3. The molecule has 0 saturated carbocycles. The molecule has 1 amide bonds. The Balaban J connectivity index is 0.00000289. The first kappa shape index (κ1) is 16.7. The molecule has 3 N–H and O–H groups in total. The first-order valence-corrected chi connectivity index (χ1v) is 5.50. The summed E-state index contributed by atoms with van der Waals surface area (Å²) in [6.07, 6.45) is 0.203. The number of hydrogen-bond acceptors (Lipinski definition) is 3. The van der Waals surface area contributed by atoms with Gasteiger partial charge in [0.15, 0.2) is 11.6 Å². The van der Waals surface area contributed by atoms with Gasteiger partial charge in [0.1, 0.15) is 0 Å². The summed E-state index contributed by atoms with van der Waals surface area (Å²) in [7, 11) is 0. The van der Waals surface area contributed by atoms with E-state index in [1.807, 2.05) is 0 Å². The van der Waals surface area contributed by atoms with E-state index in [1.54, 1.807) is 19.9 Å². The van der Waals surface area contributed by atoms with Gasteiger partial charge in [-0.05, 0) is 26.0 Å². The van der Waals surface area contributed by atoms with Crippen molar-refractivity contribution in [2.45, 2.75) is 26.3 Å². The Labute approximate surface area is 112 Å². The molecule has 0 saturated heterocycles. The highest BCUT2D eigenvalue weighted by Crippen LogP contribution is 2.21. The van der Waals surface area contributed by atoms with Crippen LogP contribution in [0, 0.1) is 5.82 Å². The van der Waals surface area contributed by atoms with Crippen molar-refractivity contribution in [3.8, 4) is 5.75 Å². The molecule has 0 aliphatic rings. The van der Waals surface area contributed by atoms with Gasteiger partial charge in [-0.2, -0.15) is 0 Å². The molecule has 0 fully saturated rings. The Morgan fingerprint density at radius 3 is 2.72 bits per heavy atom. The molecule has 102 valence electrons. The first-order valence-electron chi connectivity index (χ1n) is 5.50. The molecule has 0 radical (unpaired) electrons. The molecule has 1 rings (SSSR count). The first-order chi connectivity index (χ1) is 8.02. The zero-order chi connectivity index (χ0) is 12.8. The largest absolute Gasteiger partial charge is 0.491 e. The second kappa shape index (κ2) is 7.89. The monoisotopic (exact) mass is 276 g/mol. The minimum Gasteiger partial charge on any atom is -0.491 e. The molecule has 1 aromatic carbocycles. The zero-order valence-corrected chi connectivity index (χ0v) is 11.2. The number of benzene rings is 1. The van der Waals surface area contributed by atoms with E-state index in [1.165, 1.54) is 12.1 Å². The van der Waals surface area contributed by atoms with E-state index in [0.717, 1.165) is 0 Å². The van der Waals surface area contributed by atoms with Gasteiger partial charge < -0.3 is 15.8 Å². The standard InChI is InChI=1S/C12H17FN2O2.ClH/c1-3-17-11-5-4-9(7-10(11)13)15-12(16)6-8(2)14;/h4-5,7-8H,3,6,14H2,1-2H3,(H,15,16);1H. The fourth-order valence-corrected chi connectivity index (χ4v) is 1.36. The van der Waals surface area contributed by atoms with Gasteiger partial charge in [0, 0.05) is 24.2 Å². The van der Waals surface area contributed by atoms with E-state index in [0.29, 0.717) is 12.3 Å². The van der Waals surface area contributed by atoms with E-state index in [2.05, 4.69) is 5.32 Å². The van der Waals surface area contributed by atoms with Crippen LogP contribution in [0.1, 0.15) is 20.3 Å². The SMILES string of the molecule is CCOc1ccc(NC(=O)CC(C)N)cc1F.Cl. The van der Waals surface area contributed by atoms with Crippen LogP contribution in [-0.2, 0) is 4.79 Å². The number of carbonyl (C=O) groups is 1. The van der Waals surface area contributed by atoms with Crippen molar-refractivity contribution in [1.82, 2.24) is 0 Å². The number of ether oxygens (including phenoxy) is 1. The fourth-order valence-electron chi connectivity index (χ4n) is 1.36. The van der Waals surface area contributed by atoms with Crippen LogP contribution in [0.15, 0.2) is 18.2 Å². The maximum absolute atomic E-state index is 13.4. The molecule has 1 unspecified atom stereocenters. The average molecular weight is 277 g/mol. The van der Waals surface area contributed by atoms with E-state index >= 15 is 0 Å². The quantitative estimate of drug-likeness (QED) is 0.867. The maximum Gasteiger partial charge on any atom is 0.225 e. The lowest BCUT2D eigenvalue weighted by Gasteiger charge is -2.09. The summed E-state index contributed by atoms with van der Waals surface area (Å²) in [4.78, 5) is 11.4. The molecule has 18 heavy (non-hydrogen) atoms. The molecule has 6 heteroatoms. The number of hydrogen-bond donors (Lipinski definition) is 2. The summed E-state index contributed by atoms with van der Waals surface area (Å²) in [5.74, 6) is -0.549. The van der Waals surface area contributed by atoms with E-state index in [-0.39, 0.29) is 36.5 Å². The van der Waals surface area contributed by atoms with Crippen molar-refractivity contribution in [1.29, 1.82) is 0 Å². The third-order valence-electron chi connectivity index (χ3n) is 2.02. The summed E-state index contributed by atoms with van der Waals surface area (Å²) < 4.78 is 18.5. The lowest BCUT2D eigenvalue weighted by atomic mass is 10.2. The van der Waals surface area contributed by atoms with Crippen molar-refractivity contribution in [3.05, 3.63) is 24.0 Å². The van der Waals surface area contributed by atoms with E-state index in [4.69, 9.17) is 10.5 Å². The third kappa shape index (κ3) is 5.33. The Morgan fingerprint density at radius 1 is 1.56 bits per heavy atom. The molecule has 4 nitrogen and oxygen atoms in total. The Kier molecular flexibility index (Phi) is 7.31. The second-order valence-electron chi connectivity index (χ2n) is 3.81. The molecule has 0 heterocycles. The molecular weight excluding hydrogens is 259 g/mol. The smallest absolute Gasteiger partial charge is 0.225 e. The molecule has 0 spiro atoms. The van der Waals surface area contributed by atoms with Crippen LogP contribution in [0.25, 0.3) is 0 Å². The van der Waals surface area contributed by atoms with Gasteiger partial charge in [0.25, 0.3) is 0 Å². The van der Waals surface area contributed by atoms with Gasteiger partial charge in [-0.3, -0.25) is 4.79 Å². The molecule has 1 aromatic rings. The summed E-state index contributed by atoms with van der Waals surface area (Å²) in [5, 5.41) is 2.57. The van der Waals surface area contributed by atoms with E-state index in [9.17, 15) is 9.18 Å². The molecule has 0 aliphatic heterocycles. The predicted molar refractivity (Wildman–Crippen MR) is 71.7 cm³/mol. The van der Waals surface area contributed by atoms with Crippen LogP contribution >= 0.6 is 12.4 Å². The van der Waals surface area contributed by atoms with Gasteiger partial charge in [-0.15, -0.1) is 12.4 Å². The summed E-state index contributed by atoms with van der Waals surface area (Å²) >= 11 is 0. The number of amides is 1. The van der Waals surface area contributed by atoms with Crippen LogP contribution < -0.4 is 15.8 Å². The minimum absolute atomic E-state index is 0. The zero-order valence-electron chi connectivity index (χ0n) is 10.4. The van der Waals surface area contributed by atoms with Gasteiger partial charge in [-0.25, -0.2) is 4.39 Å². The average Bonchev–Trinajstić information content (AvgIpc) is 2.21. The van der Waals surface area contributed by atoms with Gasteiger partial charge in [0.05, 0.1) is 6.61 Å². The minimum atomic E-state index is -0.495. The molecule has 1 atom stereocenters. The maximum atomic E-state index is 13.4. The predicted octanol–water partition coefficient (Wildman–Crippen LogP) is 2.32. The molecular formula is C12H18ClFN2O2. The van der Waals surface area contributed by atoms with Crippen molar-refractivity contribution < 1.29 is 13.9 Å². The van der Waals surface area contributed by atoms with Crippen molar-refractivity contribution in [2.75, 3.05) is 11.9 Å². The number of nitrogens with two attached hydrogens (primary N) is 1. The van der Waals surface area contributed by atoms with Crippen molar-refractivity contribution in [3.63, 3.8) is 0 Å². The lowest BCUT2D eigenvalue weighted by Crippen LogP contribution is -2.24. The van der Waals surface area contributed by atoms with Gasteiger partial charge in [-0.1, -0.05) is 0 Å². The van der Waals surface area contributed by atoms with Gasteiger partial charge in [0.2, 0.25) is 5.91 Å². The van der Waals surface area contributed by atoms with Crippen LogP contribution in [0.3, 0.4) is 0 Å². The van der Waals surface area contributed by atoms with Gasteiger partial charge >= 0.3 is 0 Å². The summed E-state index contributed by atoms with van der Waals surface area (Å²) in [5.41, 5.74) is 5.89. The molecule has 0 bridgehead atoms. The van der Waals surface area contributed by atoms with Crippen molar-refractivity contribution in [2.24, 2.45) is 5.73 Å². The Morgan fingerprint density at radius 2 is 2.22 bits per heavy atom. The molecule has 0 aliphatic carbocycles. The fraction of sp³-hybridized carbons (Fsp3) is 0.417. The lowest BCUT2D eigenvalue weighted by molar-refractivity contribution is -0.116. The van der Waals surface area contributed by atoms with Crippen molar-refractivity contribution >= 4 is 24.0 Å². The topological polar surface area (TPSA) is 64.3 Å². The number of rotatable bonds is 5. The van der Waals surface area contributed by atoms with Crippen LogP contribution in [0.2, 0.25) is 0 Å². The van der Waals surface area contributed by atoms with Crippen LogP contribution in [0.4, 0.5) is 10.1 Å². The highest BCUT2D eigenvalue weighted by Gasteiger charge is 2.08. The highest BCUT2D eigenvalue weighted by molar-refractivity contribution is 5.91. The second-order valence-corrected chi connectivity index (χ2v) is 3.81. The van der Waals surface area contributed by atoms with Crippen LogP contribution in [0.5, 0.6) is 5.75 Å². The van der Waals surface area contributed by atoms with Crippen LogP contribution in [-0.4, -0.2) is 18.6 Å². The molecule has 0 aromatic heterocycles. The van der Waals surface area contributed by atoms with E-state index < -0.39 is 5.82 Å². The third-order valence-corrected chi connectivity index (χ3v) is 2.02. The Hall–Kier alpha value is -1.33. The number of halogens is 2. The Bertz CT molecular complexity index is 400. The number of nitrogens with one attached hydrogen (secondary N) is 1. The number of carbonyl (C=O) groups excluding carboxylic acids is 1.